The van der Waals surface area contributed by atoms with E-state index in [0.717, 1.165) is 0 Å². The molecule has 2 unspecified atom stereocenters. The fraction of sp³-hybridized carbons (Fsp3) is 0.538. The highest BCUT2D eigenvalue weighted by Gasteiger charge is 2.22. The van der Waals surface area contributed by atoms with Crippen molar-refractivity contribution in [1.82, 2.24) is 0 Å². The molecule has 1 aliphatic heterocycles. The molecule has 0 radical (unpaired) electrons. The quantitative estimate of drug-likeness (QED) is 0.877. The van der Waals surface area contributed by atoms with Gasteiger partial charge in [-0.1, -0.05) is 18.2 Å². The van der Waals surface area contributed by atoms with Crippen molar-refractivity contribution in [3.63, 3.8) is 0 Å². The minimum atomic E-state index is 0.192. The van der Waals surface area contributed by atoms with Crippen molar-refractivity contribution >= 4 is 23.5 Å². The number of rotatable bonds is 2. The van der Waals surface area contributed by atoms with Crippen LogP contribution in [0.2, 0.25) is 0 Å². The number of thioether (sulfide) groups is 2. The van der Waals surface area contributed by atoms with E-state index in [1.54, 1.807) is 0 Å². The van der Waals surface area contributed by atoms with Crippen molar-refractivity contribution in [3.05, 3.63) is 34.9 Å². The van der Waals surface area contributed by atoms with E-state index in [0.29, 0.717) is 5.25 Å². The van der Waals surface area contributed by atoms with Crippen molar-refractivity contribution in [2.45, 2.75) is 25.1 Å². The molecule has 2 rings (SSSR count). The van der Waals surface area contributed by atoms with E-state index >= 15 is 0 Å². The lowest BCUT2D eigenvalue weighted by atomic mass is 10.00. The summed E-state index contributed by atoms with van der Waals surface area (Å²) in [7, 11) is 0. The van der Waals surface area contributed by atoms with Crippen LogP contribution in [0.1, 0.15) is 22.7 Å². The zero-order chi connectivity index (χ0) is 11.5. The van der Waals surface area contributed by atoms with E-state index in [4.69, 9.17) is 5.73 Å². The highest BCUT2D eigenvalue weighted by Crippen LogP contribution is 2.32. The van der Waals surface area contributed by atoms with Crippen LogP contribution in [0.4, 0.5) is 0 Å². The van der Waals surface area contributed by atoms with E-state index in [-0.39, 0.29) is 6.04 Å². The molecule has 3 heteroatoms. The molecule has 1 aromatic rings. The Labute approximate surface area is 107 Å². The van der Waals surface area contributed by atoms with Crippen molar-refractivity contribution in [2.75, 3.05) is 17.3 Å². The van der Waals surface area contributed by atoms with Gasteiger partial charge in [-0.15, -0.1) is 0 Å². The standard InChI is InChI=1S/C13H19NS2/c1-9-3-4-11(7-10(9)2)13(14)12-8-15-5-6-16-12/h3-4,7,12-13H,5-6,8,14H2,1-2H3. The van der Waals surface area contributed by atoms with Crippen LogP contribution < -0.4 is 5.73 Å². The summed E-state index contributed by atoms with van der Waals surface area (Å²) in [6.45, 7) is 4.31. The Morgan fingerprint density at radius 2 is 2.06 bits per heavy atom. The Morgan fingerprint density at radius 1 is 1.25 bits per heavy atom. The van der Waals surface area contributed by atoms with Crippen molar-refractivity contribution in [3.8, 4) is 0 Å². The largest absolute Gasteiger partial charge is 0.323 e. The first kappa shape index (κ1) is 12.3. The summed E-state index contributed by atoms with van der Waals surface area (Å²) >= 11 is 4.06. The van der Waals surface area contributed by atoms with Gasteiger partial charge in [0.2, 0.25) is 0 Å². The van der Waals surface area contributed by atoms with Crippen LogP contribution >= 0.6 is 23.5 Å². The highest BCUT2D eigenvalue weighted by atomic mass is 32.2. The Morgan fingerprint density at radius 3 is 2.69 bits per heavy atom. The lowest BCUT2D eigenvalue weighted by Crippen LogP contribution is -2.28. The predicted octanol–water partition coefficient (Wildman–Crippen LogP) is 3.15. The Bertz CT molecular complexity index is 359. The summed E-state index contributed by atoms with van der Waals surface area (Å²) in [4.78, 5) is 0. The molecular weight excluding hydrogens is 234 g/mol. The lowest BCUT2D eigenvalue weighted by molar-refractivity contribution is 0.718. The third kappa shape index (κ3) is 2.76. The molecule has 0 bridgehead atoms. The number of hydrogen-bond acceptors (Lipinski definition) is 3. The van der Waals surface area contributed by atoms with Gasteiger partial charge >= 0.3 is 0 Å². The maximum absolute atomic E-state index is 6.35. The second kappa shape index (κ2) is 5.48. The van der Waals surface area contributed by atoms with E-state index in [1.807, 2.05) is 23.5 Å². The smallest absolute Gasteiger partial charge is 0.0423 e. The monoisotopic (exact) mass is 253 g/mol. The zero-order valence-electron chi connectivity index (χ0n) is 9.90. The molecule has 0 aromatic heterocycles. The first-order valence-electron chi connectivity index (χ1n) is 5.70. The normalized spacial score (nSPS) is 23.1. The number of benzene rings is 1. The molecule has 2 atom stereocenters. The van der Waals surface area contributed by atoms with Crippen molar-refractivity contribution in [1.29, 1.82) is 0 Å². The van der Waals surface area contributed by atoms with Gasteiger partial charge in [-0.25, -0.2) is 0 Å². The maximum atomic E-state index is 6.35. The van der Waals surface area contributed by atoms with Crippen LogP contribution in [-0.4, -0.2) is 22.5 Å². The maximum Gasteiger partial charge on any atom is 0.0423 e. The van der Waals surface area contributed by atoms with Crippen LogP contribution in [0, 0.1) is 13.8 Å². The van der Waals surface area contributed by atoms with Gasteiger partial charge in [0, 0.05) is 28.6 Å². The van der Waals surface area contributed by atoms with Crippen LogP contribution in [0.15, 0.2) is 18.2 Å². The third-order valence-corrected chi connectivity index (χ3v) is 6.04. The molecule has 0 spiro atoms. The second-order valence-corrected chi connectivity index (χ2v) is 6.85. The SMILES string of the molecule is Cc1ccc(C(N)C2CSCCS2)cc1C. The van der Waals surface area contributed by atoms with Crippen molar-refractivity contribution in [2.24, 2.45) is 5.73 Å². The van der Waals surface area contributed by atoms with E-state index in [1.165, 1.54) is 33.9 Å². The first-order chi connectivity index (χ1) is 7.68. The van der Waals surface area contributed by atoms with Gasteiger partial charge in [-0.3, -0.25) is 0 Å². The Hall–Kier alpha value is -0.120. The van der Waals surface area contributed by atoms with Crippen molar-refractivity contribution < 1.29 is 0 Å². The first-order valence-corrected chi connectivity index (χ1v) is 7.91. The summed E-state index contributed by atoms with van der Waals surface area (Å²) in [5.74, 6) is 3.72. The Balaban J connectivity index is 2.12. The summed E-state index contributed by atoms with van der Waals surface area (Å²) in [6.07, 6.45) is 0. The van der Waals surface area contributed by atoms with Crippen LogP contribution in [0.3, 0.4) is 0 Å². The molecule has 1 aromatic carbocycles. The third-order valence-electron chi connectivity index (χ3n) is 3.16. The Kier molecular flexibility index (Phi) is 4.22. The van der Waals surface area contributed by atoms with Crippen LogP contribution in [-0.2, 0) is 0 Å². The van der Waals surface area contributed by atoms with Gasteiger partial charge in [-0.2, -0.15) is 23.5 Å². The molecule has 2 N–H and O–H groups in total. The number of hydrogen-bond donors (Lipinski definition) is 1. The van der Waals surface area contributed by atoms with Gasteiger partial charge in [-0.05, 0) is 30.5 Å². The highest BCUT2D eigenvalue weighted by molar-refractivity contribution is 8.06. The topological polar surface area (TPSA) is 26.0 Å². The molecule has 1 saturated heterocycles. The molecule has 16 heavy (non-hydrogen) atoms. The predicted molar refractivity (Wildman–Crippen MR) is 76.4 cm³/mol. The fourth-order valence-electron chi connectivity index (χ4n) is 1.90. The minimum Gasteiger partial charge on any atom is -0.323 e. The average molecular weight is 253 g/mol. The van der Waals surface area contributed by atoms with Gasteiger partial charge < -0.3 is 5.73 Å². The molecule has 0 saturated carbocycles. The second-order valence-electron chi connectivity index (χ2n) is 4.35. The van der Waals surface area contributed by atoms with Gasteiger partial charge in [0.1, 0.15) is 0 Å². The van der Waals surface area contributed by atoms with Crippen LogP contribution in [0.5, 0.6) is 0 Å². The molecule has 1 aliphatic rings. The van der Waals surface area contributed by atoms with Crippen LogP contribution in [0.25, 0.3) is 0 Å². The van der Waals surface area contributed by atoms with E-state index < -0.39 is 0 Å². The van der Waals surface area contributed by atoms with Gasteiger partial charge in [0.15, 0.2) is 0 Å². The molecule has 1 heterocycles. The molecule has 1 nitrogen and oxygen atoms in total. The minimum absolute atomic E-state index is 0.192. The summed E-state index contributed by atoms with van der Waals surface area (Å²) in [6, 6.07) is 6.81. The average Bonchev–Trinajstić information content (AvgIpc) is 2.33. The number of nitrogens with two attached hydrogens (primary N) is 1. The molecular formula is C13H19NS2. The summed E-state index contributed by atoms with van der Waals surface area (Å²) in [5.41, 5.74) is 10.3. The van der Waals surface area contributed by atoms with Gasteiger partial charge in [0.05, 0.1) is 0 Å². The zero-order valence-corrected chi connectivity index (χ0v) is 11.5. The molecule has 1 fully saturated rings. The number of aryl methyl sites for hydroxylation is 2. The summed E-state index contributed by atoms with van der Waals surface area (Å²) < 4.78 is 0. The van der Waals surface area contributed by atoms with Gasteiger partial charge in [0.25, 0.3) is 0 Å². The van der Waals surface area contributed by atoms with E-state index in [9.17, 15) is 0 Å². The fourth-order valence-corrected chi connectivity index (χ4v) is 4.70. The molecule has 0 aliphatic carbocycles. The molecule has 88 valence electrons. The summed E-state index contributed by atoms with van der Waals surface area (Å²) in [5, 5.41) is 0.584. The van der Waals surface area contributed by atoms with E-state index in [2.05, 4.69) is 32.0 Å². The lowest BCUT2D eigenvalue weighted by Gasteiger charge is -2.27. The molecule has 0 amide bonds.